The molecule has 1 N–H and O–H groups in total. The van der Waals surface area contributed by atoms with Crippen LogP contribution in [0.2, 0.25) is 0 Å². The normalized spacial score (nSPS) is 20.1. The van der Waals surface area contributed by atoms with Gasteiger partial charge in [-0.15, -0.1) is 0 Å². The van der Waals surface area contributed by atoms with Crippen LogP contribution >= 0.6 is 15.9 Å². The Hall–Kier alpha value is -0.580. The molecule has 1 unspecified atom stereocenters. The van der Waals surface area contributed by atoms with Crippen molar-refractivity contribution in [3.05, 3.63) is 28.2 Å². The van der Waals surface area contributed by atoms with Crippen molar-refractivity contribution in [3.8, 4) is 5.75 Å². The molecule has 1 atom stereocenters. The molecule has 1 fully saturated rings. The number of hydrogen-bond donors (Lipinski definition) is 1. The fraction of sp³-hybridized carbons (Fsp3) is 0.538. The second-order valence-electron chi connectivity index (χ2n) is 4.58. The van der Waals surface area contributed by atoms with Crippen LogP contribution in [0.15, 0.2) is 22.7 Å². The molecule has 1 saturated heterocycles. The van der Waals surface area contributed by atoms with Crippen molar-refractivity contribution >= 4 is 15.9 Å². The van der Waals surface area contributed by atoms with Crippen LogP contribution in [-0.2, 0) is 11.3 Å². The number of hydrogen-bond acceptors (Lipinski definition) is 3. The van der Waals surface area contributed by atoms with E-state index in [1.165, 1.54) is 6.42 Å². The van der Waals surface area contributed by atoms with Gasteiger partial charge in [0, 0.05) is 25.3 Å². The number of rotatable bonds is 4. The van der Waals surface area contributed by atoms with E-state index < -0.39 is 0 Å². The standard InChI is InChI=1S/C13H18BrNO2/c1-15(9-11-5-3-7-17-11)8-10-4-2-6-12(14)13(10)16/h2,4,6,11,16H,3,5,7-9H2,1H3. The Labute approximate surface area is 111 Å². The summed E-state index contributed by atoms with van der Waals surface area (Å²) in [5, 5.41) is 9.90. The Kier molecular flexibility index (Phi) is 4.42. The summed E-state index contributed by atoms with van der Waals surface area (Å²) in [6.07, 6.45) is 2.67. The first kappa shape index (κ1) is 12.9. The number of ether oxygens (including phenoxy) is 1. The highest BCUT2D eigenvalue weighted by Gasteiger charge is 2.18. The number of phenolic OH excluding ortho intramolecular Hbond substituents is 1. The molecule has 0 spiro atoms. The van der Waals surface area contributed by atoms with Gasteiger partial charge in [0.1, 0.15) is 5.75 Å². The van der Waals surface area contributed by atoms with Gasteiger partial charge in [0.05, 0.1) is 10.6 Å². The zero-order chi connectivity index (χ0) is 12.3. The van der Waals surface area contributed by atoms with Gasteiger partial charge in [0.15, 0.2) is 0 Å². The summed E-state index contributed by atoms with van der Waals surface area (Å²) in [5.74, 6) is 0.340. The molecule has 94 valence electrons. The molecule has 4 heteroatoms. The van der Waals surface area contributed by atoms with E-state index in [-0.39, 0.29) is 0 Å². The lowest BCUT2D eigenvalue weighted by Gasteiger charge is -2.21. The average Bonchev–Trinajstić information content (AvgIpc) is 2.77. The minimum Gasteiger partial charge on any atom is -0.506 e. The SMILES string of the molecule is CN(Cc1cccc(Br)c1O)CC1CCCO1. The molecule has 0 aliphatic carbocycles. The van der Waals surface area contributed by atoms with Gasteiger partial charge in [0.2, 0.25) is 0 Å². The predicted octanol–water partition coefficient (Wildman–Crippen LogP) is 2.77. The molecular formula is C13H18BrNO2. The first-order chi connectivity index (χ1) is 8.16. The van der Waals surface area contributed by atoms with Crippen molar-refractivity contribution in [2.45, 2.75) is 25.5 Å². The van der Waals surface area contributed by atoms with Crippen LogP contribution < -0.4 is 0 Å². The van der Waals surface area contributed by atoms with Crippen LogP contribution in [0, 0.1) is 0 Å². The Morgan fingerprint density at radius 3 is 3.06 bits per heavy atom. The molecule has 1 aromatic rings. The third-order valence-electron chi connectivity index (χ3n) is 3.05. The van der Waals surface area contributed by atoms with Crippen LogP contribution in [0.4, 0.5) is 0 Å². The fourth-order valence-electron chi connectivity index (χ4n) is 2.18. The zero-order valence-electron chi connectivity index (χ0n) is 10.0. The van der Waals surface area contributed by atoms with Gasteiger partial charge in [-0.25, -0.2) is 0 Å². The summed E-state index contributed by atoms with van der Waals surface area (Å²) in [7, 11) is 2.06. The van der Waals surface area contributed by atoms with E-state index in [2.05, 4.69) is 27.9 Å². The summed E-state index contributed by atoms with van der Waals surface area (Å²) >= 11 is 3.33. The van der Waals surface area contributed by atoms with E-state index in [0.717, 1.165) is 36.2 Å². The monoisotopic (exact) mass is 299 g/mol. The number of likely N-dealkylation sites (N-methyl/N-ethyl adjacent to an activating group) is 1. The molecule has 0 amide bonds. The first-order valence-electron chi connectivity index (χ1n) is 5.93. The van der Waals surface area contributed by atoms with Crippen molar-refractivity contribution in [2.75, 3.05) is 20.2 Å². The molecule has 3 nitrogen and oxygen atoms in total. The minimum absolute atomic E-state index is 0.340. The number of phenols is 1. The summed E-state index contributed by atoms with van der Waals surface area (Å²) in [5.41, 5.74) is 0.944. The number of nitrogens with zero attached hydrogens (tertiary/aromatic N) is 1. The summed E-state index contributed by atoms with van der Waals surface area (Å²) in [6, 6.07) is 5.74. The van der Waals surface area contributed by atoms with Gasteiger partial charge in [-0.1, -0.05) is 12.1 Å². The quantitative estimate of drug-likeness (QED) is 0.928. The molecule has 0 bridgehead atoms. The van der Waals surface area contributed by atoms with E-state index in [0.29, 0.717) is 11.9 Å². The lowest BCUT2D eigenvalue weighted by atomic mass is 10.1. The Morgan fingerprint density at radius 1 is 1.53 bits per heavy atom. The molecule has 1 heterocycles. The van der Waals surface area contributed by atoms with Gasteiger partial charge in [-0.05, 0) is 41.9 Å². The van der Waals surface area contributed by atoms with Crippen LogP contribution in [0.25, 0.3) is 0 Å². The Balaban J connectivity index is 1.93. The van der Waals surface area contributed by atoms with E-state index in [1.807, 2.05) is 18.2 Å². The maximum Gasteiger partial charge on any atom is 0.134 e. The lowest BCUT2D eigenvalue weighted by Crippen LogP contribution is -2.28. The Bertz CT molecular complexity index is 378. The smallest absolute Gasteiger partial charge is 0.134 e. The lowest BCUT2D eigenvalue weighted by molar-refractivity contribution is 0.0791. The largest absolute Gasteiger partial charge is 0.506 e. The van der Waals surface area contributed by atoms with Crippen molar-refractivity contribution < 1.29 is 9.84 Å². The number of aromatic hydroxyl groups is 1. The van der Waals surface area contributed by atoms with E-state index in [1.54, 1.807) is 0 Å². The van der Waals surface area contributed by atoms with Crippen LogP contribution in [0.1, 0.15) is 18.4 Å². The van der Waals surface area contributed by atoms with Crippen LogP contribution in [-0.4, -0.2) is 36.3 Å². The van der Waals surface area contributed by atoms with Crippen molar-refractivity contribution in [1.82, 2.24) is 4.90 Å². The average molecular weight is 300 g/mol. The van der Waals surface area contributed by atoms with E-state index in [9.17, 15) is 5.11 Å². The minimum atomic E-state index is 0.340. The molecule has 0 saturated carbocycles. The highest BCUT2D eigenvalue weighted by Crippen LogP contribution is 2.28. The van der Waals surface area contributed by atoms with Gasteiger partial charge < -0.3 is 9.84 Å². The van der Waals surface area contributed by atoms with Gasteiger partial charge in [-0.2, -0.15) is 0 Å². The zero-order valence-corrected chi connectivity index (χ0v) is 11.6. The third kappa shape index (κ3) is 3.44. The van der Waals surface area contributed by atoms with E-state index in [4.69, 9.17) is 4.74 Å². The Morgan fingerprint density at radius 2 is 2.35 bits per heavy atom. The van der Waals surface area contributed by atoms with Crippen LogP contribution in [0.5, 0.6) is 5.75 Å². The molecule has 1 aliphatic rings. The molecular weight excluding hydrogens is 282 g/mol. The summed E-state index contributed by atoms with van der Waals surface area (Å²) < 4.78 is 6.35. The molecule has 17 heavy (non-hydrogen) atoms. The number of benzene rings is 1. The molecule has 1 aromatic carbocycles. The first-order valence-corrected chi connectivity index (χ1v) is 6.72. The molecule has 2 rings (SSSR count). The van der Waals surface area contributed by atoms with E-state index >= 15 is 0 Å². The van der Waals surface area contributed by atoms with Crippen molar-refractivity contribution in [1.29, 1.82) is 0 Å². The van der Waals surface area contributed by atoms with Crippen LogP contribution in [0.3, 0.4) is 0 Å². The van der Waals surface area contributed by atoms with Crippen molar-refractivity contribution in [3.63, 3.8) is 0 Å². The molecule has 0 aromatic heterocycles. The second-order valence-corrected chi connectivity index (χ2v) is 5.43. The number of halogens is 1. The second kappa shape index (κ2) is 5.85. The van der Waals surface area contributed by atoms with Gasteiger partial charge >= 0.3 is 0 Å². The van der Waals surface area contributed by atoms with Gasteiger partial charge in [-0.3, -0.25) is 4.90 Å². The predicted molar refractivity (Wildman–Crippen MR) is 71.1 cm³/mol. The highest BCUT2D eigenvalue weighted by molar-refractivity contribution is 9.10. The highest BCUT2D eigenvalue weighted by atomic mass is 79.9. The number of para-hydroxylation sites is 1. The molecule has 1 aliphatic heterocycles. The topological polar surface area (TPSA) is 32.7 Å². The fourth-order valence-corrected chi connectivity index (χ4v) is 2.59. The molecule has 0 radical (unpaired) electrons. The summed E-state index contributed by atoms with van der Waals surface area (Å²) in [4.78, 5) is 2.19. The van der Waals surface area contributed by atoms with Gasteiger partial charge in [0.25, 0.3) is 0 Å². The maximum atomic E-state index is 9.90. The van der Waals surface area contributed by atoms with Crippen molar-refractivity contribution in [2.24, 2.45) is 0 Å². The maximum absolute atomic E-state index is 9.90. The third-order valence-corrected chi connectivity index (χ3v) is 3.69. The summed E-state index contributed by atoms with van der Waals surface area (Å²) in [6.45, 7) is 2.55.